The molecule has 1 N–H and O–H groups in total. The van der Waals surface area contributed by atoms with E-state index in [9.17, 15) is 4.79 Å². The molecule has 3 heterocycles. The van der Waals surface area contributed by atoms with E-state index in [1.165, 1.54) is 16.8 Å². The van der Waals surface area contributed by atoms with Crippen LogP contribution in [-0.4, -0.2) is 58.3 Å². The van der Waals surface area contributed by atoms with Crippen LogP contribution in [0, 0.1) is 12.3 Å². The van der Waals surface area contributed by atoms with Gasteiger partial charge in [-0.3, -0.25) is 10.2 Å². The zero-order valence-corrected chi connectivity index (χ0v) is 19.7. The van der Waals surface area contributed by atoms with Gasteiger partial charge in [0.2, 0.25) is 5.17 Å². The van der Waals surface area contributed by atoms with Crippen molar-refractivity contribution in [3.8, 4) is 11.5 Å². The molecule has 0 saturated carbocycles. The summed E-state index contributed by atoms with van der Waals surface area (Å²) >= 11 is 1.35. The number of fused-ring (bicyclic) bond motifs is 1. The van der Waals surface area contributed by atoms with E-state index in [4.69, 9.17) is 14.9 Å². The Morgan fingerprint density at radius 2 is 1.76 bits per heavy atom. The van der Waals surface area contributed by atoms with Gasteiger partial charge in [0.25, 0.3) is 5.91 Å². The molecule has 174 valence electrons. The first-order valence-corrected chi connectivity index (χ1v) is 12.1. The predicted octanol–water partition coefficient (Wildman–Crippen LogP) is 4.13. The zero-order valence-electron chi connectivity index (χ0n) is 18.9. The number of rotatable bonds is 6. The summed E-state index contributed by atoms with van der Waals surface area (Å²) < 4.78 is 11.5. The normalized spacial score (nSPS) is 18.8. The van der Waals surface area contributed by atoms with Gasteiger partial charge in [0.05, 0.1) is 5.57 Å². The van der Waals surface area contributed by atoms with E-state index in [0.29, 0.717) is 24.1 Å². The summed E-state index contributed by atoms with van der Waals surface area (Å²) in [4.78, 5) is 19.0. The van der Waals surface area contributed by atoms with Gasteiger partial charge in [0.1, 0.15) is 24.7 Å². The molecule has 34 heavy (non-hydrogen) atoms. The van der Waals surface area contributed by atoms with Gasteiger partial charge >= 0.3 is 0 Å². The van der Waals surface area contributed by atoms with Crippen molar-refractivity contribution in [2.24, 2.45) is 10.1 Å². The Morgan fingerprint density at radius 1 is 1.03 bits per heavy atom. The third kappa shape index (κ3) is 4.70. The van der Waals surface area contributed by atoms with Gasteiger partial charge in [-0.05, 0) is 66.9 Å². The number of hydrogen-bond acceptors (Lipinski definition) is 7. The van der Waals surface area contributed by atoms with Crippen LogP contribution in [0.5, 0.6) is 11.5 Å². The smallest absolute Gasteiger partial charge is 0.283 e. The summed E-state index contributed by atoms with van der Waals surface area (Å²) in [5.41, 5.74) is 2.09. The fourth-order valence-electron chi connectivity index (χ4n) is 3.87. The number of hydrazone groups is 1. The van der Waals surface area contributed by atoms with Crippen molar-refractivity contribution in [3.05, 3.63) is 65.2 Å². The SMILES string of the molecule is Cc1ccccc1OCCOc1ccc(/C=C2\C(=N)N3N=C(N4CCCC4)SC3=NC2=O)cc1. The van der Waals surface area contributed by atoms with E-state index >= 15 is 0 Å². The first-order valence-electron chi connectivity index (χ1n) is 11.2. The Bertz CT molecular complexity index is 1200. The highest BCUT2D eigenvalue weighted by atomic mass is 32.2. The molecule has 1 amide bonds. The van der Waals surface area contributed by atoms with E-state index in [1.54, 1.807) is 6.08 Å². The minimum atomic E-state index is -0.421. The number of thioether (sulfide) groups is 1. The number of benzene rings is 2. The van der Waals surface area contributed by atoms with Gasteiger partial charge in [0.15, 0.2) is 11.0 Å². The Hall–Kier alpha value is -3.59. The largest absolute Gasteiger partial charge is 0.490 e. The maximum atomic E-state index is 12.6. The van der Waals surface area contributed by atoms with Crippen LogP contribution in [0.4, 0.5) is 0 Å². The van der Waals surface area contributed by atoms with E-state index in [1.807, 2.05) is 55.5 Å². The minimum Gasteiger partial charge on any atom is -0.490 e. The van der Waals surface area contributed by atoms with Gasteiger partial charge in [-0.25, -0.2) is 0 Å². The number of amides is 1. The summed E-state index contributed by atoms with van der Waals surface area (Å²) in [5, 5.41) is 15.8. The van der Waals surface area contributed by atoms with Crippen molar-refractivity contribution in [1.82, 2.24) is 9.91 Å². The second kappa shape index (κ2) is 9.72. The van der Waals surface area contributed by atoms with Crippen LogP contribution in [0.25, 0.3) is 6.08 Å². The first kappa shape index (κ1) is 22.2. The number of carbonyl (C=O) groups excluding carboxylic acids is 1. The van der Waals surface area contributed by atoms with Crippen LogP contribution in [0.1, 0.15) is 24.0 Å². The molecular weight excluding hydrogens is 450 g/mol. The highest BCUT2D eigenvalue weighted by molar-refractivity contribution is 8.26. The van der Waals surface area contributed by atoms with Gasteiger partial charge in [-0.15, -0.1) is 5.10 Å². The summed E-state index contributed by atoms with van der Waals surface area (Å²) in [6.07, 6.45) is 3.93. The number of nitrogens with one attached hydrogen (secondary N) is 1. The van der Waals surface area contributed by atoms with Gasteiger partial charge < -0.3 is 14.4 Å². The molecule has 3 aliphatic rings. The minimum absolute atomic E-state index is 0.0466. The van der Waals surface area contributed by atoms with E-state index in [2.05, 4.69) is 15.0 Å². The van der Waals surface area contributed by atoms with Crippen LogP contribution < -0.4 is 9.47 Å². The molecule has 0 unspecified atom stereocenters. The molecule has 2 aromatic rings. The van der Waals surface area contributed by atoms with E-state index < -0.39 is 5.91 Å². The maximum absolute atomic E-state index is 12.6. The van der Waals surface area contributed by atoms with Crippen LogP contribution in [0.2, 0.25) is 0 Å². The molecule has 0 spiro atoms. The van der Waals surface area contributed by atoms with Gasteiger partial charge in [-0.2, -0.15) is 10.0 Å². The summed E-state index contributed by atoms with van der Waals surface area (Å²) in [5.74, 6) is 1.18. The standard InChI is InChI=1S/C25H25N5O3S/c1-17-6-2-3-7-21(17)33-15-14-32-19-10-8-18(9-11-19)16-20-22(26)30-24(27-23(20)31)34-25(28-30)29-12-4-5-13-29/h2-3,6-11,16,26H,4-5,12-15H2,1H3/b20-16+,26-22?. The van der Waals surface area contributed by atoms with Crippen molar-refractivity contribution >= 4 is 39.9 Å². The highest BCUT2D eigenvalue weighted by Crippen LogP contribution is 2.31. The third-order valence-corrected chi connectivity index (χ3v) is 6.68. The Balaban J connectivity index is 1.20. The van der Waals surface area contributed by atoms with Crippen molar-refractivity contribution in [2.45, 2.75) is 19.8 Å². The number of amidine groups is 3. The van der Waals surface area contributed by atoms with Crippen LogP contribution in [0.15, 0.2) is 64.2 Å². The monoisotopic (exact) mass is 475 g/mol. The molecular formula is C25H25N5O3S. The lowest BCUT2D eigenvalue weighted by atomic mass is 10.1. The lowest BCUT2D eigenvalue weighted by molar-refractivity contribution is -0.114. The summed E-state index contributed by atoms with van der Waals surface area (Å²) in [6, 6.07) is 15.2. The molecule has 2 aromatic carbocycles. The molecule has 0 aromatic heterocycles. The van der Waals surface area contributed by atoms with E-state index in [-0.39, 0.29) is 11.4 Å². The zero-order chi connectivity index (χ0) is 23.5. The number of carbonyl (C=O) groups is 1. The topological polar surface area (TPSA) is 90.6 Å². The predicted molar refractivity (Wildman–Crippen MR) is 134 cm³/mol. The molecule has 0 atom stereocenters. The molecule has 1 fully saturated rings. The van der Waals surface area contributed by atoms with Gasteiger partial charge in [-0.1, -0.05) is 30.3 Å². The number of nitrogens with zero attached hydrogens (tertiary/aromatic N) is 4. The molecule has 0 radical (unpaired) electrons. The van der Waals surface area contributed by atoms with Crippen molar-refractivity contribution < 1.29 is 14.3 Å². The number of aliphatic imine (C=N–C) groups is 1. The third-order valence-electron chi connectivity index (χ3n) is 5.71. The second-order valence-corrected chi connectivity index (χ2v) is 9.06. The fourth-order valence-corrected chi connectivity index (χ4v) is 4.82. The van der Waals surface area contributed by atoms with Crippen molar-refractivity contribution in [3.63, 3.8) is 0 Å². The molecule has 9 heteroatoms. The van der Waals surface area contributed by atoms with Crippen molar-refractivity contribution in [2.75, 3.05) is 26.3 Å². The maximum Gasteiger partial charge on any atom is 0.283 e. The number of ether oxygens (including phenoxy) is 2. The molecule has 5 rings (SSSR count). The van der Waals surface area contributed by atoms with Crippen molar-refractivity contribution in [1.29, 1.82) is 5.41 Å². The Morgan fingerprint density at radius 3 is 2.53 bits per heavy atom. The summed E-state index contributed by atoms with van der Waals surface area (Å²) in [6.45, 7) is 4.76. The fraction of sp³-hybridized carbons (Fsp3) is 0.280. The van der Waals surface area contributed by atoms with Crippen LogP contribution in [-0.2, 0) is 4.79 Å². The first-order chi connectivity index (χ1) is 16.6. The summed E-state index contributed by atoms with van der Waals surface area (Å²) in [7, 11) is 0. The van der Waals surface area contributed by atoms with Gasteiger partial charge in [0, 0.05) is 13.1 Å². The van der Waals surface area contributed by atoms with Crippen LogP contribution in [0.3, 0.4) is 0 Å². The molecule has 3 aliphatic heterocycles. The molecule has 1 saturated heterocycles. The highest BCUT2D eigenvalue weighted by Gasteiger charge is 2.37. The average molecular weight is 476 g/mol. The lowest BCUT2D eigenvalue weighted by Crippen LogP contribution is -2.35. The number of aryl methyl sites for hydroxylation is 1. The van der Waals surface area contributed by atoms with E-state index in [0.717, 1.165) is 48.0 Å². The molecule has 0 aliphatic carbocycles. The van der Waals surface area contributed by atoms with Crippen LogP contribution >= 0.6 is 11.8 Å². The second-order valence-electron chi connectivity index (χ2n) is 8.13. The quantitative estimate of drug-likeness (QED) is 0.499. The lowest BCUT2D eigenvalue weighted by Gasteiger charge is -2.20. The number of hydrogen-bond donors (Lipinski definition) is 1. The average Bonchev–Trinajstić information content (AvgIpc) is 3.52. The molecule has 8 nitrogen and oxygen atoms in total. The molecule has 0 bridgehead atoms. The Kier molecular flexibility index (Phi) is 6.35. The number of para-hydroxylation sites is 1. The Labute approximate surface area is 202 Å². The number of likely N-dealkylation sites (tertiary alicyclic amines) is 1.